The Morgan fingerprint density at radius 1 is 1.22 bits per heavy atom. The van der Waals surface area contributed by atoms with E-state index in [0.717, 1.165) is 6.42 Å². The third kappa shape index (κ3) is 8.04. The molecule has 0 saturated heterocycles. The van der Waals surface area contributed by atoms with E-state index < -0.39 is 0 Å². The van der Waals surface area contributed by atoms with Crippen molar-refractivity contribution in [1.82, 2.24) is 0 Å². The summed E-state index contributed by atoms with van der Waals surface area (Å²) in [6, 6.07) is 0. The zero-order valence-electron chi connectivity index (χ0n) is 12.3. The quantitative estimate of drug-likeness (QED) is 0.515. The van der Waals surface area contributed by atoms with Crippen LogP contribution in [0.3, 0.4) is 0 Å². The standard InChI is InChI=1S/C15H26O3/c1-6-8-9-13(16)10-12(11-15(3,4)5)14(17)18-7-2/h8-9,12H,6-7,10-11H2,1-5H3/b9-8+. The molecule has 0 saturated carbocycles. The van der Waals surface area contributed by atoms with Crippen LogP contribution < -0.4 is 0 Å². The first-order valence-electron chi connectivity index (χ1n) is 6.66. The molecule has 0 aromatic rings. The number of carbonyl (C=O) groups excluding carboxylic acids is 2. The molecule has 104 valence electrons. The number of esters is 1. The number of allylic oxidation sites excluding steroid dienone is 2. The average molecular weight is 254 g/mol. The monoisotopic (exact) mass is 254 g/mol. The van der Waals surface area contributed by atoms with Crippen molar-refractivity contribution in [2.75, 3.05) is 6.61 Å². The van der Waals surface area contributed by atoms with Gasteiger partial charge in [0.25, 0.3) is 0 Å². The van der Waals surface area contributed by atoms with E-state index in [1.165, 1.54) is 0 Å². The van der Waals surface area contributed by atoms with Crippen LogP contribution in [0.1, 0.15) is 53.9 Å². The van der Waals surface area contributed by atoms with Crippen LogP contribution in [0.25, 0.3) is 0 Å². The summed E-state index contributed by atoms with van der Waals surface area (Å²) in [5.41, 5.74) is 0.00613. The second-order valence-corrected chi connectivity index (χ2v) is 5.69. The van der Waals surface area contributed by atoms with Crippen LogP contribution in [0.15, 0.2) is 12.2 Å². The lowest BCUT2D eigenvalue weighted by atomic mass is 9.82. The zero-order valence-corrected chi connectivity index (χ0v) is 12.3. The Hall–Kier alpha value is -1.12. The fourth-order valence-corrected chi connectivity index (χ4v) is 1.80. The van der Waals surface area contributed by atoms with Gasteiger partial charge in [-0.3, -0.25) is 9.59 Å². The second-order valence-electron chi connectivity index (χ2n) is 5.69. The molecule has 0 spiro atoms. The second kappa shape index (κ2) is 8.06. The molecule has 0 bridgehead atoms. The Kier molecular flexibility index (Phi) is 7.56. The van der Waals surface area contributed by atoms with Gasteiger partial charge < -0.3 is 4.74 Å². The summed E-state index contributed by atoms with van der Waals surface area (Å²) in [5, 5.41) is 0. The molecule has 0 radical (unpaired) electrons. The van der Waals surface area contributed by atoms with Crippen molar-refractivity contribution >= 4 is 11.8 Å². The Bertz CT molecular complexity index is 297. The SMILES string of the molecule is CC/C=C/C(=O)CC(CC(C)(C)C)C(=O)OCC. The lowest BCUT2D eigenvalue weighted by Crippen LogP contribution is -2.25. The molecule has 1 atom stereocenters. The first kappa shape index (κ1) is 16.9. The average Bonchev–Trinajstić information content (AvgIpc) is 2.24. The van der Waals surface area contributed by atoms with E-state index in [1.807, 2.05) is 13.0 Å². The van der Waals surface area contributed by atoms with Crippen molar-refractivity contribution in [3.8, 4) is 0 Å². The van der Waals surface area contributed by atoms with E-state index >= 15 is 0 Å². The lowest BCUT2D eigenvalue weighted by molar-refractivity contribution is -0.150. The molecule has 0 amide bonds. The van der Waals surface area contributed by atoms with E-state index in [9.17, 15) is 9.59 Å². The number of ketones is 1. The van der Waals surface area contributed by atoms with Gasteiger partial charge in [0.2, 0.25) is 0 Å². The Morgan fingerprint density at radius 2 is 1.83 bits per heavy atom. The molecule has 0 aliphatic rings. The van der Waals surface area contributed by atoms with E-state index in [2.05, 4.69) is 20.8 Å². The van der Waals surface area contributed by atoms with Crippen LogP contribution in [0.5, 0.6) is 0 Å². The number of ether oxygens (including phenoxy) is 1. The van der Waals surface area contributed by atoms with Crippen molar-refractivity contribution in [2.45, 2.75) is 53.9 Å². The van der Waals surface area contributed by atoms with Crippen molar-refractivity contribution in [1.29, 1.82) is 0 Å². The molecular weight excluding hydrogens is 228 g/mol. The maximum Gasteiger partial charge on any atom is 0.309 e. The highest BCUT2D eigenvalue weighted by Crippen LogP contribution is 2.27. The molecule has 0 rings (SSSR count). The van der Waals surface area contributed by atoms with Gasteiger partial charge in [-0.2, -0.15) is 0 Å². The summed E-state index contributed by atoms with van der Waals surface area (Å²) in [6.07, 6.45) is 5.12. The van der Waals surface area contributed by atoms with E-state index in [4.69, 9.17) is 4.74 Å². The Morgan fingerprint density at radius 3 is 2.28 bits per heavy atom. The Labute approximate surface area is 111 Å². The van der Waals surface area contributed by atoms with Crippen LogP contribution in [0.2, 0.25) is 0 Å². The zero-order chi connectivity index (χ0) is 14.2. The normalized spacial score (nSPS) is 13.6. The summed E-state index contributed by atoms with van der Waals surface area (Å²) in [6.45, 7) is 10.3. The first-order chi connectivity index (χ1) is 8.30. The molecule has 0 aliphatic carbocycles. The van der Waals surface area contributed by atoms with Gasteiger partial charge in [-0.1, -0.05) is 33.8 Å². The van der Waals surface area contributed by atoms with Crippen LogP contribution in [0.4, 0.5) is 0 Å². The molecule has 0 fully saturated rings. The summed E-state index contributed by atoms with van der Waals surface area (Å²) >= 11 is 0. The summed E-state index contributed by atoms with van der Waals surface area (Å²) < 4.78 is 5.04. The van der Waals surface area contributed by atoms with Crippen LogP contribution >= 0.6 is 0 Å². The van der Waals surface area contributed by atoms with E-state index in [-0.39, 0.29) is 29.5 Å². The summed E-state index contributed by atoms with van der Waals surface area (Å²) in [4.78, 5) is 23.5. The van der Waals surface area contributed by atoms with Crippen LogP contribution in [0, 0.1) is 11.3 Å². The van der Waals surface area contributed by atoms with Gasteiger partial charge in [0.15, 0.2) is 5.78 Å². The van der Waals surface area contributed by atoms with Gasteiger partial charge in [-0.25, -0.2) is 0 Å². The molecule has 1 unspecified atom stereocenters. The summed E-state index contributed by atoms with van der Waals surface area (Å²) in [7, 11) is 0. The maximum atomic E-state index is 11.8. The molecule has 0 N–H and O–H groups in total. The van der Waals surface area contributed by atoms with Gasteiger partial charge in [0, 0.05) is 6.42 Å². The molecule has 0 aliphatic heterocycles. The van der Waals surface area contributed by atoms with Crippen molar-refractivity contribution in [3.63, 3.8) is 0 Å². The van der Waals surface area contributed by atoms with Crippen LogP contribution in [-0.2, 0) is 14.3 Å². The maximum absolute atomic E-state index is 11.8. The number of hydrogen-bond donors (Lipinski definition) is 0. The van der Waals surface area contributed by atoms with E-state index in [0.29, 0.717) is 13.0 Å². The van der Waals surface area contributed by atoms with Crippen molar-refractivity contribution in [2.24, 2.45) is 11.3 Å². The fourth-order valence-electron chi connectivity index (χ4n) is 1.80. The minimum atomic E-state index is -0.334. The van der Waals surface area contributed by atoms with Crippen LogP contribution in [-0.4, -0.2) is 18.4 Å². The van der Waals surface area contributed by atoms with Gasteiger partial charge in [-0.05, 0) is 31.3 Å². The molecule has 3 heteroatoms. The molecular formula is C15H26O3. The molecule has 0 heterocycles. The minimum Gasteiger partial charge on any atom is -0.466 e. The third-order valence-corrected chi connectivity index (χ3v) is 2.47. The molecule has 0 aromatic heterocycles. The largest absolute Gasteiger partial charge is 0.466 e. The Balaban J connectivity index is 4.61. The highest BCUT2D eigenvalue weighted by atomic mass is 16.5. The third-order valence-electron chi connectivity index (χ3n) is 2.47. The molecule has 0 aromatic carbocycles. The number of carbonyl (C=O) groups is 2. The highest BCUT2D eigenvalue weighted by molar-refractivity contribution is 5.92. The van der Waals surface area contributed by atoms with Gasteiger partial charge in [0.05, 0.1) is 12.5 Å². The minimum absolute atomic E-state index is 0.000784. The van der Waals surface area contributed by atoms with E-state index in [1.54, 1.807) is 13.0 Å². The predicted molar refractivity (Wildman–Crippen MR) is 73.3 cm³/mol. The molecule has 3 nitrogen and oxygen atoms in total. The predicted octanol–water partition coefficient (Wildman–Crippen LogP) is 3.53. The summed E-state index contributed by atoms with van der Waals surface area (Å²) in [5.74, 6) is -0.594. The highest BCUT2D eigenvalue weighted by Gasteiger charge is 2.27. The van der Waals surface area contributed by atoms with Crippen molar-refractivity contribution < 1.29 is 14.3 Å². The molecule has 18 heavy (non-hydrogen) atoms. The van der Waals surface area contributed by atoms with Crippen molar-refractivity contribution in [3.05, 3.63) is 12.2 Å². The smallest absolute Gasteiger partial charge is 0.309 e. The first-order valence-corrected chi connectivity index (χ1v) is 6.66. The van der Waals surface area contributed by atoms with Gasteiger partial charge in [0.1, 0.15) is 0 Å². The lowest BCUT2D eigenvalue weighted by Gasteiger charge is -2.24. The van der Waals surface area contributed by atoms with Gasteiger partial charge in [-0.15, -0.1) is 0 Å². The topological polar surface area (TPSA) is 43.4 Å². The number of rotatable bonds is 7. The van der Waals surface area contributed by atoms with Gasteiger partial charge >= 0.3 is 5.97 Å². The number of hydrogen-bond acceptors (Lipinski definition) is 3. The fraction of sp³-hybridized carbons (Fsp3) is 0.733.